The van der Waals surface area contributed by atoms with E-state index < -0.39 is 17.7 Å². The zero-order chi connectivity index (χ0) is 46.9. The molecule has 0 spiro atoms. The molecule has 2 fully saturated rings. The Bertz CT molecular complexity index is 2400. The van der Waals surface area contributed by atoms with Crippen LogP contribution in [-0.4, -0.2) is 71.8 Å². The molecule has 68 heavy (non-hydrogen) atoms. The van der Waals surface area contributed by atoms with Crippen LogP contribution in [0.1, 0.15) is 107 Å². The average molecular weight is 925 g/mol. The predicted octanol–water partition coefficient (Wildman–Crippen LogP) is 11.5. The fraction of sp³-hybridized carbons (Fsp3) is 0.474. The summed E-state index contributed by atoms with van der Waals surface area (Å²) in [6.07, 6.45) is 15.2. The molecule has 11 heteroatoms. The molecule has 2 aliphatic heterocycles. The van der Waals surface area contributed by atoms with E-state index in [1.807, 2.05) is 72.5 Å². The monoisotopic (exact) mass is 924 g/mol. The van der Waals surface area contributed by atoms with Crippen LogP contribution in [0.2, 0.25) is 0 Å². The normalized spacial score (nSPS) is 24.1. The van der Waals surface area contributed by atoms with Crippen molar-refractivity contribution in [1.82, 2.24) is 4.90 Å². The van der Waals surface area contributed by atoms with E-state index >= 15 is 4.79 Å². The number of nitrogens with zero attached hydrogens (tertiary/aromatic N) is 2. The molecule has 9 rings (SSSR count). The number of carbonyl (C=O) groups excluding carboxylic acids is 1. The fourth-order valence-electron chi connectivity index (χ4n) is 11.7. The number of fused-ring (bicyclic) bond motifs is 3. The number of rotatable bonds is 22. The van der Waals surface area contributed by atoms with Crippen LogP contribution in [0.5, 0.6) is 28.7 Å². The van der Waals surface area contributed by atoms with Gasteiger partial charge in [-0.1, -0.05) is 104 Å². The van der Waals surface area contributed by atoms with Gasteiger partial charge >= 0.3 is 0 Å². The van der Waals surface area contributed by atoms with Crippen molar-refractivity contribution in [2.45, 2.75) is 115 Å². The van der Waals surface area contributed by atoms with Gasteiger partial charge in [-0.05, 0) is 122 Å². The molecule has 360 valence electrons. The average Bonchev–Trinajstić information content (AvgIpc) is 4.08. The van der Waals surface area contributed by atoms with Crippen LogP contribution in [0, 0.1) is 23.7 Å². The van der Waals surface area contributed by atoms with E-state index in [2.05, 4.69) is 43.0 Å². The SMILES string of the molecule is C=CCOC12Oc3ccc(Oc4ccc(-c5ccccc5)cc4)cc3C3C(CCCCO)C(CCCCO)C=C(C(=NOCC)CC1N(Cc1ccc4c(c1)OCO4)C(=O)CCC1CCCC1)C32. The van der Waals surface area contributed by atoms with Gasteiger partial charge in [-0.15, -0.1) is 6.58 Å². The third-order valence-corrected chi connectivity index (χ3v) is 14.9. The molecule has 6 atom stereocenters. The smallest absolute Gasteiger partial charge is 0.239 e. The second kappa shape index (κ2) is 22.2. The summed E-state index contributed by atoms with van der Waals surface area (Å²) in [5, 5.41) is 25.0. The maximum Gasteiger partial charge on any atom is 0.239 e. The minimum atomic E-state index is -1.37. The highest BCUT2D eigenvalue weighted by Crippen LogP contribution is 2.62. The van der Waals surface area contributed by atoms with E-state index in [0.717, 1.165) is 84.2 Å². The van der Waals surface area contributed by atoms with Gasteiger partial charge in [-0.3, -0.25) is 4.79 Å². The van der Waals surface area contributed by atoms with E-state index in [1.54, 1.807) is 6.08 Å². The molecular formula is C57H68N2O9. The van der Waals surface area contributed by atoms with Crippen LogP contribution in [0.4, 0.5) is 0 Å². The maximum absolute atomic E-state index is 15.3. The van der Waals surface area contributed by atoms with Crippen LogP contribution < -0.4 is 18.9 Å². The van der Waals surface area contributed by atoms with E-state index in [-0.39, 0.29) is 56.8 Å². The standard InChI is InChI=1S/C57H68N2O9/c1-3-32-65-57-53(59(54(62)29-21-39-14-8-9-15-39)37-40-20-27-51-52(33-40)64-38-63-51)36-49(58-66-4-2)47-34-43(18-10-12-30-60)46(19-11-13-31-61)55(56(47)57)48-35-45(26-28-50(48)68-57)67-44-24-22-42(23-25-44)41-16-6-5-7-17-41/h3,5-7,16-17,20,22-28,33-35,39,43,46,53,55-56,60-61H,1,4,8-15,18-19,21,29-32,36-38H2,2H3. The van der Waals surface area contributed by atoms with Crippen molar-refractivity contribution in [3.05, 3.63) is 126 Å². The summed E-state index contributed by atoms with van der Waals surface area (Å²) in [6, 6.07) is 29.8. The zero-order valence-corrected chi connectivity index (χ0v) is 39.6. The number of benzene rings is 4. The summed E-state index contributed by atoms with van der Waals surface area (Å²) in [4.78, 5) is 23.3. The number of aliphatic hydroxyl groups is 2. The van der Waals surface area contributed by atoms with Gasteiger partial charge in [-0.25, -0.2) is 0 Å². The molecule has 3 aliphatic carbocycles. The van der Waals surface area contributed by atoms with Crippen LogP contribution in [0.25, 0.3) is 11.1 Å². The first-order chi connectivity index (χ1) is 33.4. The van der Waals surface area contributed by atoms with E-state index in [1.165, 1.54) is 12.8 Å². The molecule has 0 aromatic heterocycles. The van der Waals surface area contributed by atoms with Gasteiger partial charge in [0, 0.05) is 44.1 Å². The van der Waals surface area contributed by atoms with E-state index in [4.69, 9.17) is 33.7 Å². The van der Waals surface area contributed by atoms with Crippen molar-refractivity contribution in [3.63, 3.8) is 0 Å². The fourth-order valence-corrected chi connectivity index (χ4v) is 11.7. The van der Waals surface area contributed by atoms with Crippen LogP contribution in [0.3, 0.4) is 0 Å². The molecule has 4 aromatic carbocycles. The van der Waals surface area contributed by atoms with Crippen LogP contribution >= 0.6 is 0 Å². The van der Waals surface area contributed by atoms with Crippen molar-refractivity contribution >= 4 is 11.6 Å². The minimum absolute atomic E-state index is 0.0366. The molecule has 2 heterocycles. The van der Waals surface area contributed by atoms with Crippen molar-refractivity contribution < 1.29 is 43.5 Å². The van der Waals surface area contributed by atoms with Gasteiger partial charge in [0.15, 0.2) is 11.5 Å². The van der Waals surface area contributed by atoms with Crippen LogP contribution in [-0.2, 0) is 20.9 Å². The molecule has 0 radical (unpaired) electrons. The Balaban J connectivity index is 1.19. The van der Waals surface area contributed by atoms with Crippen molar-refractivity contribution in [3.8, 4) is 39.9 Å². The first-order valence-electron chi connectivity index (χ1n) is 25.1. The number of oxime groups is 1. The van der Waals surface area contributed by atoms with Gasteiger partial charge < -0.3 is 43.6 Å². The van der Waals surface area contributed by atoms with Gasteiger partial charge in [0.2, 0.25) is 18.5 Å². The number of hydrogen-bond acceptors (Lipinski definition) is 10. The summed E-state index contributed by atoms with van der Waals surface area (Å²) < 4.78 is 33.0. The summed E-state index contributed by atoms with van der Waals surface area (Å²) in [6.45, 7) is 7.29. The topological polar surface area (TPSA) is 129 Å². The lowest BCUT2D eigenvalue weighted by atomic mass is 9.55. The molecule has 2 N–H and O–H groups in total. The summed E-state index contributed by atoms with van der Waals surface area (Å²) in [5.74, 6) is 2.19. The van der Waals surface area contributed by atoms with Gasteiger partial charge in [0.1, 0.15) is 29.9 Å². The Labute approximate surface area is 401 Å². The van der Waals surface area contributed by atoms with Crippen molar-refractivity contribution in [2.75, 3.05) is 33.2 Å². The molecular weight excluding hydrogens is 857 g/mol. The number of unbranched alkanes of at least 4 members (excludes halogenated alkanes) is 2. The lowest BCUT2D eigenvalue weighted by Crippen LogP contribution is -2.70. The number of carbonyl (C=O) groups is 1. The number of aliphatic hydroxyl groups excluding tert-OH is 2. The summed E-state index contributed by atoms with van der Waals surface area (Å²) in [7, 11) is 0. The van der Waals surface area contributed by atoms with Gasteiger partial charge in [0.05, 0.1) is 18.2 Å². The number of allylic oxidation sites excluding steroid dienone is 1. The Morgan fingerprint density at radius 3 is 2.35 bits per heavy atom. The maximum atomic E-state index is 15.3. The first-order valence-corrected chi connectivity index (χ1v) is 25.1. The molecule has 0 saturated heterocycles. The summed E-state index contributed by atoms with van der Waals surface area (Å²) in [5.41, 5.74) is 5.94. The Hall–Kier alpha value is -5.62. The second-order valence-corrected chi connectivity index (χ2v) is 19.1. The minimum Gasteiger partial charge on any atom is -0.459 e. The molecule has 4 aromatic rings. The molecule has 0 bridgehead atoms. The van der Waals surface area contributed by atoms with Crippen molar-refractivity contribution in [1.29, 1.82) is 0 Å². The molecule has 1 amide bonds. The van der Waals surface area contributed by atoms with Gasteiger partial charge in [0.25, 0.3) is 0 Å². The quantitative estimate of drug-likeness (QED) is 0.0450. The molecule has 2 saturated carbocycles. The highest BCUT2D eigenvalue weighted by Gasteiger charge is 2.65. The molecule has 5 aliphatic rings. The van der Waals surface area contributed by atoms with E-state index in [9.17, 15) is 10.2 Å². The number of amides is 1. The lowest BCUT2D eigenvalue weighted by molar-refractivity contribution is -0.258. The summed E-state index contributed by atoms with van der Waals surface area (Å²) >= 11 is 0. The lowest BCUT2D eigenvalue weighted by Gasteiger charge is -2.60. The van der Waals surface area contributed by atoms with E-state index in [0.29, 0.717) is 61.2 Å². The van der Waals surface area contributed by atoms with Crippen molar-refractivity contribution in [2.24, 2.45) is 28.8 Å². The largest absolute Gasteiger partial charge is 0.459 e. The highest BCUT2D eigenvalue weighted by molar-refractivity contribution is 6.03. The predicted molar refractivity (Wildman–Crippen MR) is 263 cm³/mol. The third kappa shape index (κ3) is 10.2. The highest BCUT2D eigenvalue weighted by atomic mass is 16.7. The molecule has 6 unspecified atom stereocenters. The number of hydrogen-bond donors (Lipinski definition) is 2. The second-order valence-electron chi connectivity index (χ2n) is 19.1. The zero-order valence-electron chi connectivity index (χ0n) is 39.6. The first kappa shape index (κ1) is 47.4. The molecule has 11 nitrogen and oxygen atoms in total. The van der Waals surface area contributed by atoms with Crippen LogP contribution in [0.15, 0.2) is 120 Å². The third-order valence-electron chi connectivity index (χ3n) is 14.9. The Morgan fingerprint density at radius 2 is 1.59 bits per heavy atom. The van der Waals surface area contributed by atoms with Gasteiger partial charge in [-0.2, -0.15) is 0 Å². The number of ether oxygens (including phenoxy) is 5. The Morgan fingerprint density at radius 1 is 0.853 bits per heavy atom. The Kier molecular flexibility index (Phi) is 15.5.